The van der Waals surface area contributed by atoms with E-state index in [9.17, 15) is 0 Å². The summed E-state index contributed by atoms with van der Waals surface area (Å²) in [6.07, 6.45) is 0.845. The lowest BCUT2D eigenvalue weighted by atomic mass is 10.1. The molecule has 1 aromatic heterocycles. The van der Waals surface area contributed by atoms with E-state index in [-0.39, 0.29) is 0 Å². The van der Waals surface area contributed by atoms with E-state index in [0.717, 1.165) is 34.0 Å². The highest BCUT2D eigenvalue weighted by atomic mass is 32.1. The van der Waals surface area contributed by atoms with Crippen LogP contribution in [0.4, 0.5) is 0 Å². The lowest BCUT2D eigenvalue weighted by molar-refractivity contribution is 0.412. The van der Waals surface area contributed by atoms with Gasteiger partial charge in [-0.05, 0) is 44.2 Å². The van der Waals surface area contributed by atoms with Gasteiger partial charge in [-0.25, -0.2) is 4.98 Å². The Hall–Kier alpha value is -1.39. The van der Waals surface area contributed by atoms with Gasteiger partial charge in [0.05, 0.1) is 12.8 Å². The summed E-state index contributed by atoms with van der Waals surface area (Å²) < 4.78 is 5.27. The van der Waals surface area contributed by atoms with Gasteiger partial charge in [-0.1, -0.05) is 0 Å². The molecule has 0 radical (unpaired) electrons. The minimum atomic E-state index is 0.644. The third-order valence-corrected chi connectivity index (χ3v) is 3.98. The number of nitrogens with two attached hydrogens (primary N) is 1. The molecule has 0 aliphatic carbocycles. The number of thiazole rings is 1. The van der Waals surface area contributed by atoms with Crippen molar-refractivity contribution in [2.45, 2.75) is 20.3 Å². The molecular formula is C14H18N2OS. The lowest BCUT2D eigenvalue weighted by Crippen LogP contribution is -2.03. The zero-order valence-corrected chi connectivity index (χ0v) is 11.8. The zero-order chi connectivity index (χ0) is 13.1. The summed E-state index contributed by atoms with van der Waals surface area (Å²) in [6, 6.07) is 6.16. The highest BCUT2D eigenvalue weighted by molar-refractivity contribution is 7.15. The maximum absolute atomic E-state index is 5.59. The van der Waals surface area contributed by atoms with Crippen LogP contribution in [0.3, 0.4) is 0 Å². The number of methoxy groups -OCH3 is 1. The van der Waals surface area contributed by atoms with Crippen LogP contribution in [-0.2, 0) is 6.42 Å². The highest BCUT2D eigenvalue weighted by Gasteiger charge is 2.10. The summed E-state index contributed by atoms with van der Waals surface area (Å²) in [5.74, 6) is 0.911. The minimum Gasteiger partial charge on any atom is -0.496 e. The Morgan fingerprint density at radius 2 is 2.11 bits per heavy atom. The Morgan fingerprint density at radius 1 is 1.33 bits per heavy atom. The van der Waals surface area contributed by atoms with Crippen molar-refractivity contribution < 1.29 is 4.74 Å². The van der Waals surface area contributed by atoms with E-state index in [2.05, 4.69) is 24.0 Å². The molecule has 2 aromatic rings. The van der Waals surface area contributed by atoms with Crippen LogP contribution >= 0.6 is 11.3 Å². The first-order chi connectivity index (χ1) is 8.65. The molecule has 4 heteroatoms. The maximum atomic E-state index is 5.59. The second-order valence-corrected chi connectivity index (χ2v) is 5.45. The molecule has 0 unspecified atom stereocenters. The van der Waals surface area contributed by atoms with Crippen molar-refractivity contribution in [2.75, 3.05) is 13.7 Å². The molecule has 0 amide bonds. The minimum absolute atomic E-state index is 0.644. The van der Waals surface area contributed by atoms with Crippen molar-refractivity contribution in [2.24, 2.45) is 5.73 Å². The highest BCUT2D eigenvalue weighted by Crippen LogP contribution is 2.30. The Labute approximate surface area is 112 Å². The Kier molecular flexibility index (Phi) is 3.99. The van der Waals surface area contributed by atoms with Gasteiger partial charge in [-0.3, -0.25) is 0 Å². The Bertz CT molecular complexity index is 549. The van der Waals surface area contributed by atoms with Crippen molar-refractivity contribution in [1.29, 1.82) is 0 Å². The van der Waals surface area contributed by atoms with Crippen molar-refractivity contribution in [3.63, 3.8) is 0 Å². The number of aryl methyl sites for hydroxylation is 2. The lowest BCUT2D eigenvalue weighted by Gasteiger charge is -2.05. The van der Waals surface area contributed by atoms with Gasteiger partial charge in [0, 0.05) is 16.9 Å². The van der Waals surface area contributed by atoms with Gasteiger partial charge in [0.25, 0.3) is 0 Å². The predicted octanol–water partition coefficient (Wildman–Crippen LogP) is 2.94. The van der Waals surface area contributed by atoms with Gasteiger partial charge in [-0.2, -0.15) is 0 Å². The summed E-state index contributed by atoms with van der Waals surface area (Å²) in [5.41, 5.74) is 8.98. The molecule has 0 bridgehead atoms. The van der Waals surface area contributed by atoms with E-state index in [1.807, 2.05) is 13.0 Å². The number of aromatic nitrogens is 1. The van der Waals surface area contributed by atoms with Crippen molar-refractivity contribution >= 4 is 11.3 Å². The molecule has 0 atom stereocenters. The van der Waals surface area contributed by atoms with E-state index in [4.69, 9.17) is 10.5 Å². The molecule has 18 heavy (non-hydrogen) atoms. The molecule has 0 aliphatic rings. The van der Waals surface area contributed by atoms with Crippen LogP contribution in [0.1, 0.15) is 16.1 Å². The molecule has 96 valence electrons. The molecule has 0 saturated heterocycles. The molecule has 1 heterocycles. The van der Waals surface area contributed by atoms with Crippen LogP contribution in [-0.4, -0.2) is 18.6 Å². The van der Waals surface area contributed by atoms with Crippen molar-refractivity contribution in [3.8, 4) is 16.3 Å². The number of hydrogen-bond donors (Lipinski definition) is 1. The standard InChI is InChI=1S/C14H18N2OS/c1-9-8-11(4-5-13(9)17-3)14-16-12(6-7-15)10(2)18-14/h4-5,8H,6-7,15H2,1-3H3. The van der Waals surface area contributed by atoms with Crippen LogP contribution in [0.5, 0.6) is 5.75 Å². The van der Waals surface area contributed by atoms with Crippen LogP contribution in [0.15, 0.2) is 18.2 Å². The third-order valence-electron chi connectivity index (χ3n) is 2.92. The molecular weight excluding hydrogens is 244 g/mol. The molecule has 0 fully saturated rings. The van der Waals surface area contributed by atoms with Gasteiger partial charge in [0.15, 0.2) is 0 Å². The van der Waals surface area contributed by atoms with Gasteiger partial charge >= 0.3 is 0 Å². The van der Waals surface area contributed by atoms with Crippen molar-refractivity contribution in [3.05, 3.63) is 34.3 Å². The third kappa shape index (κ3) is 2.54. The quantitative estimate of drug-likeness (QED) is 0.921. The molecule has 2 N–H and O–H groups in total. The largest absolute Gasteiger partial charge is 0.496 e. The fraction of sp³-hybridized carbons (Fsp3) is 0.357. The van der Waals surface area contributed by atoms with E-state index < -0.39 is 0 Å². The smallest absolute Gasteiger partial charge is 0.123 e. The van der Waals surface area contributed by atoms with E-state index in [1.54, 1.807) is 18.4 Å². The van der Waals surface area contributed by atoms with Crippen LogP contribution in [0, 0.1) is 13.8 Å². The zero-order valence-electron chi connectivity index (χ0n) is 11.0. The van der Waals surface area contributed by atoms with Crippen LogP contribution in [0.25, 0.3) is 10.6 Å². The molecule has 2 rings (SSSR count). The van der Waals surface area contributed by atoms with Gasteiger partial charge in [0.2, 0.25) is 0 Å². The number of ether oxygens (including phenoxy) is 1. The summed E-state index contributed by atoms with van der Waals surface area (Å²) in [4.78, 5) is 5.92. The Morgan fingerprint density at radius 3 is 2.72 bits per heavy atom. The molecule has 0 aliphatic heterocycles. The number of benzene rings is 1. The van der Waals surface area contributed by atoms with Gasteiger partial charge in [0.1, 0.15) is 10.8 Å². The normalized spacial score (nSPS) is 10.7. The predicted molar refractivity (Wildman–Crippen MR) is 76.3 cm³/mol. The Balaban J connectivity index is 2.36. The number of rotatable bonds is 4. The summed E-state index contributed by atoms with van der Waals surface area (Å²) >= 11 is 1.72. The maximum Gasteiger partial charge on any atom is 0.123 e. The topological polar surface area (TPSA) is 48.1 Å². The van der Waals surface area contributed by atoms with Gasteiger partial charge < -0.3 is 10.5 Å². The van der Waals surface area contributed by atoms with Crippen molar-refractivity contribution in [1.82, 2.24) is 4.98 Å². The first-order valence-electron chi connectivity index (χ1n) is 5.97. The van der Waals surface area contributed by atoms with E-state index >= 15 is 0 Å². The number of nitrogens with zero attached hydrogens (tertiary/aromatic N) is 1. The van der Waals surface area contributed by atoms with E-state index in [1.165, 1.54) is 4.88 Å². The fourth-order valence-electron chi connectivity index (χ4n) is 1.93. The second-order valence-electron chi connectivity index (χ2n) is 4.24. The van der Waals surface area contributed by atoms with Gasteiger partial charge in [-0.15, -0.1) is 11.3 Å². The molecule has 0 saturated carbocycles. The summed E-state index contributed by atoms with van der Waals surface area (Å²) in [6.45, 7) is 4.79. The molecule has 0 spiro atoms. The fourth-order valence-corrected chi connectivity index (χ4v) is 2.89. The average Bonchev–Trinajstić information content (AvgIpc) is 2.71. The first-order valence-corrected chi connectivity index (χ1v) is 6.78. The molecule has 1 aromatic carbocycles. The van der Waals surface area contributed by atoms with E-state index in [0.29, 0.717) is 6.54 Å². The summed E-state index contributed by atoms with van der Waals surface area (Å²) in [7, 11) is 1.69. The summed E-state index contributed by atoms with van der Waals surface area (Å²) in [5, 5.41) is 1.06. The first kappa shape index (κ1) is 13.1. The van der Waals surface area contributed by atoms with Crippen LogP contribution < -0.4 is 10.5 Å². The second kappa shape index (κ2) is 5.50. The SMILES string of the molecule is COc1ccc(-c2nc(CCN)c(C)s2)cc1C. The number of hydrogen-bond acceptors (Lipinski definition) is 4. The monoisotopic (exact) mass is 262 g/mol. The average molecular weight is 262 g/mol. The van der Waals surface area contributed by atoms with Crippen LogP contribution in [0.2, 0.25) is 0 Å². The molecule has 3 nitrogen and oxygen atoms in total.